The molecule has 3 nitrogen and oxygen atoms in total. The highest BCUT2D eigenvalue weighted by Gasteiger charge is 2.10. The SMILES string of the molecule is CCc1cnn2c(Cl)cc(-c3ccccc3)nc12. The molecule has 2 heterocycles. The van der Waals surface area contributed by atoms with Gasteiger partial charge >= 0.3 is 0 Å². The molecule has 0 spiro atoms. The fourth-order valence-corrected chi connectivity index (χ4v) is 2.20. The van der Waals surface area contributed by atoms with Crippen molar-refractivity contribution >= 4 is 17.2 Å². The van der Waals surface area contributed by atoms with Gasteiger partial charge in [0.15, 0.2) is 5.65 Å². The minimum atomic E-state index is 0.582. The van der Waals surface area contributed by atoms with Crippen LogP contribution in [0, 0.1) is 0 Å². The Bertz CT molecular complexity index is 689. The molecule has 0 saturated heterocycles. The molecule has 0 aliphatic carbocycles. The Hall–Kier alpha value is -1.87. The fourth-order valence-electron chi connectivity index (χ4n) is 1.98. The van der Waals surface area contributed by atoms with Crippen LogP contribution in [0.15, 0.2) is 42.6 Å². The van der Waals surface area contributed by atoms with Gasteiger partial charge < -0.3 is 0 Å². The third-order valence-corrected chi connectivity index (χ3v) is 3.22. The van der Waals surface area contributed by atoms with Crippen LogP contribution in [0.4, 0.5) is 0 Å². The minimum absolute atomic E-state index is 0.582. The summed E-state index contributed by atoms with van der Waals surface area (Å²) in [7, 11) is 0. The number of fused-ring (bicyclic) bond motifs is 1. The van der Waals surface area contributed by atoms with E-state index in [0.29, 0.717) is 5.15 Å². The summed E-state index contributed by atoms with van der Waals surface area (Å²) in [5.41, 5.74) is 3.88. The van der Waals surface area contributed by atoms with E-state index in [-0.39, 0.29) is 0 Å². The lowest BCUT2D eigenvalue weighted by atomic mass is 10.1. The maximum absolute atomic E-state index is 6.24. The van der Waals surface area contributed by atoms with E-state index in [1.54, 1.807) is 4.52 Å². The number of hydrogen-bond acceptors (Lipinski definition) is 2. The van der Waals surface area contributed by atoms with Crippen LogP contribution in [0.25, 0.3) is 16.9 Å². The Kier molecular flexibility index (Phi) is 2.76. The lowest BCUT2D eigenvalue weighted by molar-refractivity contribution is 0.941. The van der Waals surface area contributed by atoms with Crippen LogP contribution in [0.2, 0.25) is 5.15 Å². The van der Waals surface area contributed by atoms with Crippen LogP contribution in [0.3, 0.4) is 0 Å². The van der Waals surface area contributed by atoms with E-state index < -0.39 is 0 Å². The summed E-state index contributed by atoms with van der Waals surface area (Å²) >= 11 is 6.24. The van der Waals surface area contributed by atoms with Crippen molar-refractivity contribution in [3.8, 4) is 11.3 Å². The molecule has 0 saturated carbocycles. The molecule has 0 amide bonds. The van der Waals surface area contributed by atoms with Gasteiger partial charge in [-0.1, -0.05) is 48.9 Å². The number of hydrogen-bond donors (Lipinski definition) is 0. The van der Waals surface area contributed by atoms with Gasteiger partial charge in [-0.05, 0) is 6.42 Å². The molecule has 0 aliphatic rings. The monoisotopic (exact) mass is 257 g/mol. The molecule has 0 N–H and O–H groups in total. The van der Waals surface area contributed by atoms with Crippen LogP contribution in [-0.2, 0) is 6.42 Å². The molecule has 18 heavy (non-hydrogen) atoms. The summed E-state index contributed by atoms with van der Waals surface area (Å²) < 4.78 is 1.67. The Morgan fingerprint density at radius 1 is 1.22 bits per heavy atom. The van der Waals surface area contributed by atoms with E-state index in [1.165, 1.54) is 0 Å². The molecule has 2 aromatic heterocycles. The fraction of sp³-hybridized carbons (Fsp3) is 0.143. The first-order valence-corrected chi connectivity index (χ1v) is 6.26. The van der Waals surface area contributed by atoms with Crippen molar-refractivity contribution in [1.82, 2.24) is 14.6 Å². The molecule has 4 heteroatoms. The van der Waals surface area contributed by atoms with Crippen molar-refractivity contribution in [2.45, 2.75) is 13.3 Å². The average molecular weight is 258 g/mol. The van der Waals surface area contributed by atoms with E-state index >= 15 is 0 Å². The first-order valence-electron chi connectivity index (χ1n) is 5.88. The van der Waals surface area contributed by atoms with Gasteiger partial charge in [0.1, 0.15) is 5.15 Å². The van der Waals surface area contributed by atoms with Gasteiger partial charge in [0, 0.05) is 17.2 Å². The number of nitrogens with zero attached hydrogens (tertiary/aromatic N) is 3. The average Bonchev–Trinajstić information content (AvgIpc) is 2.83. The molecular weight excluding hydrogens is 246 g/mol. The predicted octanol–water partition coefficient (Wildman–Crippen LogP) is 3.61. The Labute approximate surface area is 110 Å². The Morgan fingerprint density at radius 2 is 2.00 bits per heavy atom. The molecule has 0 bridgehead atoms. The van der Waals surface area contributed by atoms with Gasteiger partial charge in [0.05, 0.1) is 11.9 Å². The topological polar surface area (TPSA) is 30.2 Å². The Morgan fingerprint density at radius 3 is 2.72 bits per heavy atom. The molecule has 0 aliphatic heterocycles. The number of aryl methyl sites for hydroxylation is 1. The molecule has 3 rings (SSSR count). The maximum atomic E-state index is 6.24. The van der Waals surface area contributed by atoms with Crippen LogP contribution < -0.4 is 0 Å². The van der Waals surface area contributed by atoms with Gasteiger partial charge in [-0.25, -0.2) is 9.50 Å². The number of halogens is 1. The first kappa shape index (κ1) is 11.2. The molecular formula is C14H12ClN3. The first-order chi connectivity index (χ1) is 8.79. The summed E-state index contributed by atoms with van der Waals surface area (Å²) in [6.07, 6.45) is 2.72. The standard InChI is InChI=1S/C14H12ClN3/c1-2-10-9-16-18-13(15)8-12(17-14(10)18)11-6-4-3-5-7-11/h3-9H,2H2,1H3. The second-order valence-corrected chi connectivity index (χ2v) is 4.48. The third-order valence-electron chi connectivity index (χ3n) is 2.95. The lowest BCUT2D eigenvalue weighted by Gasteiger charge is -2.04. The molecule has 90 valence electrons. The van der Waals surface area contributed by atoms with Gasteiger partial charge in [0.2, 0.25) is 0 Å². The maximum Gasteiger partial charge on any atom is 0.160 e. The summed E-state index contributed by atoms with van der Waals surface area (Å²) in [4.78, 5) is 4.65. The molecule has 0 radical (unpaired) electrons. The molecule has 1 aromatic carbocycles. The quantitative estimate of drug-likeness (QED) is 0.657. The van der Waals surface area contributed by atoms with Gasteiger partial charge in [-0.2, -0.15) is 5.10 Å². The highest BCUT2D eigenvalue weighted by atomic mass is 35.5. The van der Waals surface area contributed by atoms with E-state index in [2.05, 4.69) is 17.0 Å². The zero-order valence-corrected chi connectivity index (χ0v) is 10.7. The molecule has 3 aromatic rings. The van der Waals surface area contributed by atoms with Crippen molar-refractivity contribution in [3.63, 3.8) is 0 Å². The van der Waals surface area contributed by atoms with Crippen molar-refractivity contribution in [2.24, 2.45) is 0 Å². The number of rotatable bonds is 2. The predicted molar refractivity (Wildman–Crippen MR) is 72.8 cm³/mol. The number of aromatic nitrogens is 3. The van der Waals surface area contributed by atoms with Gasteiger partial charge in [-0.3, -0.25) is 0 Å². The zero-order chi connectivity index (χ0) is 12.5. The van der Waals surface area contributed by atoms with Gasteiger partial charge in [-0.15, -0.1) is 0 Å². The van der Waals surface area contributed by atoms with E-state index in [9.17, 15) is 0 Å². The van der Waals surface area contributed by atoms with E-state index in [1.807, 2.05) is 42.6 Å². The second-order valence-electron chi connectivity index (χ2n) is 4.09. The summed E-state index contributed by atoms with van der Waals surface area (Å²) in [5.74, 6) is 0. The van der Waals surface area contributed by atoms with Crippen LogP contribution >= 0.6 is 11.6 Å². The molecule has 0 unspecified atom stereocenters. The van der Waals surface area contributed by atoms with Crippen molar-refractivity contribution in [2.75, 3.05) is 0 Å². The summed E-state index contributed by atoms with van der Waals surface area (Å²) in [6.45, 7) is 2.09. The number of benzene rings is 1. The lowest BCUT2D eigenvalue weighted by Crippen LogP contribution is -1.95. The summed E-state index contributed by atoms with van der Waals surface area (Å²) in [5, 5.41) is 4.83. The largest absolute Gasteiger partial charge is 0.228 e. The van der Waals surface area contributed by atoms with Crippen molar-refractivity contribution in [1.29, 1.82) is 0 Å². The molecule has 0 atom stereocenters. The smallest absolute Gasteiger partial charge is 0.160 e. The third kappa shape index (κ3) is 1.77. The normalized spacial score (nSPS) is 11.0. The van der Waals surface area contributed by atoms with E-state index in [0.717, 1.165) is 28.9 Å². The van der Waals surface area contributed by atoms with E-state index in [4.69, 9.17) is 11.6 Å². The Balaban J connectivity index is 2.26. The van der Waals surface area contributed by atoms with Crippen molar-refractivity contribution < 1.29 is 0 Å². The highest BCUT2D eigenvalue weighted by Crippen LogP contribution is 2.23. The van der Waals surface area contributed by atoms with Crippen LogP contribution in [0.1, 0.15) is 12.5 Å². The zero-order valence-electron chi connectivity index (χ0n) is 9.97. The minimum Gasteiger partial charge on any atom is -0.228 e. The van der Waals surface area contributed by atoms with Gasteiger partial charge in [0.25, 0.3) is 0 Å². The molecule has 0 fully saturated rings. The highest BCUT2D eigenvalue weighted by molar-refractivity contribution is 6.30. The second kappa shape index (κ2) is 4.42. The van der Waals surface area contributed by atoms with Crippen LogP contribution in [-0.4, -0.2) is 14.6 Å². The van der Waals surface area contributed by atoms with Crippen LogP contribution in [0.5, 0.6) is 0 Å². The summed E-state index contributed by atoms with van der Waals surface area (Å²) in [6, 6.07) is 11.9. The van der Waals surface area contributed by atoms with Crippen molar-refractivity contribution in [3.05, 3.63) is 53.3 Å².